The molecule has 0 radical (unpaired) electrons. The lowest BCUT2D eigenvalue weighted by Crippen LogP contribution is -2.32. The zero-order valence-electron chi connectivity index (χ0n) is 8.63. The molecule has 2 rings (SSSR count). The van der Waals surface area contributed by atoms with Gasteiger partial charge in [-0.2, -0.15) is 13.2 Å². The Bertz CT molecular complexity index is 327. The predicted octanol–water partition coefficient (Wildman–Crippen LogP) is 2.20. The summed E-state index contributed by atoms with van der Waals surface area (Å²) in [6, 6.07) is 0. The maximum absolute atomic E-state index is 12.6. The number of fused-ring (bicyclic) bond motifs is 2. The lowest BCUT2D eigenvalue weighted by molar-refractivity contribution is -0.182. The van der Waals surface area contributed by atoms with Gasteiger partial charge in [0, 0.05) is 27.7 Å². The maximum atomic E-state index is 12.6. The smallest absolute Gasteiger partial charge is 0.299 e. The average molecular weight is 254 g/mol. The molecule has 16 heavy (non-hydrogen) atoms. The van der Waals surface area contributed by atoms with E-state index in [4.69, 9.17) is 0 Å². The highest BCUT2D eigenvalue weighted by atomic mass is 32.2. The third-order valence-corrected chi connectivity index (χ3v) is 5.57. The third-order valence-electron chi connectivity index (χ3n) is 3.42. The van der Waals surface area contributed by atoms with Crippen molar-refractivity contribution in [2.75, 3.05) is 0 Å². The first-order valence-electron chi connectivity index (χ1n) is 5.38. The van der Waals surface area contributed by atoms with Gasteiger partial charge < -0.3 is 0 Å². The first kappa shape index (κ1) is 12.1. The Morgan fingerprint density at radius 1 is 1.19 bits per heavy atom. The van der Waals surface area contributed by atoms with E-state index in [9.17, 15) is 22.2 Å². The van der Waals surface area contributed by atoms with Gasteiger partial charge in [0.25, 0.3) is 0 Å². The summed E-state index contributed by atoms with van der Waals surface area (Å²) in [4.78, 5) is 11.5. The fraction of sp³-hybridized carbons (Fsp3) is 0.900. The number of carbonyl (C=O) groups excluding carboxylic acids is 1. The zero-order valence-corrected chi connectivity index (χ0v) is 9.44. The molecule has 0 aromatic heterocycles. The summed E-state index contributed by atoms with van der Waals surface area (Å²) in [7, 11) is -1.25. The van der Waals surface area contributed by atoms with Crippen molar-refractivity contribution in [2.24, 2.45) is 5.92 Å². The van der Waals surface area contributed by atoms with Crippen LogP contribution in [0.4, 0.5) is 13.2 Å². The lowest BCUT2D eigenvalue weighted by atomic mass is 9.95. The van der Waals surface area contributed by atoms with Gasteiger partial charge in [0.1, 0.15) is 11.7 Å². The van der Waals surface area contributed by atoms with Gasteiger partial charge in [0.15, 0.2) is 0 Å². The van der Waals surface area contributed by atoms with Crippen LogP contribution in [0.25, 0.3) is 0 Å². The predicted molar refractivity (Wildman–Crippen MR) is 53.4 cm³/mol. The van der Waals surface area contributed by atoms with Gasteiger partial charge in [-0.05, 0) is 19.3 Å². The number of hydrogen-bond donors (Lipinski definition) is 0. The van der Waals surface area contributed by atoms with Crippen LogP contribution in [0.5, 0.6) is 0 Å². The van der Waals surface area contributed by atoms with E-state index in [1.165, 1.54) is 0 Å². The Morgan fingerprint density at radius 3 is 2.44 bits per heavy atom. The molecule has 4 atom stereocenters. The topological polar surface area (TPSA) is 34.1 Å². The van der Waals surface area contributed by atoms with Crippen molar-refractivity contribution in [1.29, 1.82) is 0 Å². The molecule has 0 aromatic rings. The molecule has 0 amide bonds. The van der Waals surface area contributed by atoms with Gasteiger partial charge in [0.2, 0.25) is 0 Å². The number of rotatable bonds is 0. The fourth-order valence-corrected chi connectivity index (χ4v) is 4.60. The third kappa shape index (κ3) is 2.17. The van der Waals surface area contributed by atoms with E-state index in [2.05, 4.69) is 0 Å². The highest BCUT2D eigenvalue weighted by Crippen LogP contribution is 2.40. The number of Topliss-reactive ketones (excluding diaryl/α,β-unsaturated/α-hetero) is 1. The first-order chi connectivity index (χ1) is 7.39. The molecule has 2 bridgehead atoms. The van der Waals surface area contributed by atoms with Crippen molar-refractivity contribution < 1.29 is 22.2 Å². The molecule has 2 nitrogen and oxygen atoms in total. The number of alkyl halides is 3. The van der Waals surface area contributed by atoms with E-state index in [0.29, 0.717) is 12.8 Å². The molecule has 4 unspecified atom stereocenters. The molecule has 0 aromatic carbocycles. The Morgan fingerprint density at radius 2 is 1.81 bits per heavy atom. The van der Waals surface area contributed by atoms with E-state index in [1.54, 1.807) is 0 Å². The minimum atomic E-state index is -4.47. The molecular formula is C10H13F3O2S. The number of hydrogen-bond acceptors (Lipinski definition) is 2. The van der Waals surface area contributed by atoms with Crippen molar-refractivity contribution in [2.45, 2.75) is 48.8 Å². The van der Waals surface area contributed by atoms with Crippen LogP contribution >= 0.6 is 0 Å². The Labute approximate surface area is 94.0 Å². The van der Waals surface area contributed by atoms with E-state index in [-0.39, 0.29) is 18.1 Å². The summed E-state index contributed by atoms with van der Waals surface area (Å²) >= 11 is 0. The Hall–Kier alpha value is -0.390. The van der Waals surface area contributed by atoms with Gasteiger partial charge in [-0.3, -0.25) is 9.00 Å². The minimum Gasteiger partial charge on any atom is -0.299 e. The van der Waals surface area contributed by atoms with Crippen LogP contribution in [0.15, 0.2) is 0 Å². The monoisotopic (exact) mass is 254 g/mol. The molecular weight excluding hydrogens is 241 g/mol. The van der Waals surface area contributed by atoms with Crippen LogP contribution < -0.4 is 0 Å². The zero-order chi connectivity index (χ0) is 11.9. The summed E-state index contributed by atoms with van der Waals surface area (Å²) in [6.45, 7) is 0. The molecule has 0 aliphatic carbocycles. The van der Waals surface area contributed by atoms with Crippen LogP contribution in [0.1, 0.15) is 32.1 Å². The van der Waals surface area contributed by atoms with E-state index >= 15 is 0 Å². The number of halogens is 3. The van der Waals surface area contributed by atoms with Crippen molar-refractivity contribution >= 4 is 16.6 Å². The first-order valence-corrected chi connectivity index (χ1v) is 6.66. The second-order valence-electron chi connectivity index (χ2n) is 4.50. The Kier molecular flexibility index (Phi) is 3.11. The van der Waals surface area contributed by atoms with Gasteiger partial charge in [-0.15, -0.1) is 0 Å². The highest BCUT2D eigenvalue weighted by Gasteiger charge is 2.50. The average Bonchev–Trinajstić information content (AvgIpc) is 2.25. The van der Waals surface area contributed by atoms with Gasteiger partial charge >= 0.3 is 6.18 Å². The normalized spacial score (nSPS) is 40.6. The highest BCUT2D eigenvalue weighted by molar-refractivity contribution is 7.86. The summed E-state index contributed by atoms with van der Waals surface area (Å²) < 4.78 is 49.7. The molecule has 0 spiro atoms. The van der Waals surface area contributed by atoms with Crippen LogP contribution in [0, 0.1) is 5.92 Å². The van der Waals surface area contributed by atoms with Crippen LogP contribution in [-0.4, -0.2) is 26.7 Å². The molecule has 2 heterocycles. The SMILES string of the molecule is O=C1CC2CCCC(CC1C(F)(F)F)S2=O. The van der Waals surface area contributed by atoms with Crippen molar-refractivity contribution in [3.8, 4) is 0 Å². The van der Waals surface area contributed by atoms with Gasteiger partial charge in [-0.1, -0.05) is 6.42 Å². The molecule has 0 N–H and O–H groups in total. The molecule has 2 saturated heterocycles. The van der Waals surface area contributed by atoms with E-state index in [1.807, 2.05) is 0 Å². The molecule has 6 heteroatoms. The molecule has 92 valence electrons. The summed E-state index contributed by atoms with van der Waals surface area (Å²) in [5, 5.41) is -0.768. The number of carbonyl (C=O) groups is 1. The van der Waals surface area contributed by atoms with Crippen molar-refractivity contribution in [3.05, 3.63) is 0 Å². The van der Waals surface area contributed by atoms with Crippen LogP contribution in [0.3, 0.4) is 0 Å². The summed E-state index contributed by atoms with van der Waals surface area (Å²) in [6.07, 6.45) is -2.93. The largest absolute Gasteiger partial charge is 0.398 e. The summed E-state index contributed by atoms with van der Waals surface area (Å²) in [5.74, 6) is -2.65. The molecule has 2 fully saturated rings. The maximum Gasteiger partial charge on any atom is 0.398 e. The van der Waals surface area contributed by atoms with Crippen molar-refractivity contribution in [3.63, 3.8) is 0 Å². The fourth-order valence-electron chi connectivity index (χ4n) is 2.55. The molecule has 2 aliphatic heterocycles. The van der Waals surface area contributed by atoms with Crippen molar-refractivity contribution in [1.82, 2.24) is 0 Å². The van der Waals surface area contributed by atoms with Gasteiger partial charge in [0.05, 0.1) is 0 Å². The second kappa shape index (κ2) is 4.13. The Balaban J connectivity index is 2.25. The van der Waals surface area contributed by atoms with E-state index in [0.717, 1.165) is 6.42 Å². The summed E-state index contributed by atoms with van der Waals surface area (Å²) in [5.41, 5.74) is 0. The quantitative estimate of drug-likeness (QED) is 0.664. The van der Waals surface area contributed by atoms with Gasteiger partial charge in [-0.25, -0.2) is 0 Å². The second-order valence-corrected chi connectivity index (χ2v) is 6.49. The molecule has 2 aliphatic rings. The lowest BCUT2D eigenvalue weighted by Gasteiger charge is -2.25. The van der Waals surface area contributed by atoms with Crippen LogP contribution in [0.2, 0.25) is 0 Å². The molecule has 0 saturated carbocycles. The van der Waals surface area contributed by atoms with E-state index < -0.39 is 33.9 Å². The minimum absolute atomic E-state index is 0.159. The number of ketones is 1. The standard InChI is InChI=1S/C10H13F3O2S/c11-10(12,13)8-4-6-2-1-3-7(16(6)15)5-9(8)14/h6-8H,1-5H2. The van der Waals surface area contributed by atoms with Crippen LogP contribution in [-0.2, 0) is 15.6 Å².